The normalized spacial score (nSPS) is 12.8. The molecule has 0 heterocycles. The van der Waals surface area contributed by atoms with Gasteiger partial charge in [-0.3, -0.25) is 4.79 Å². The highest BCUT2D eigenvalue weighted by Crippen LogP contribution is 2.15. The van der Waals surface area contributed by atoms with Crippen molar-refractivity contribution in [3.63, 3.8) is 0 Å². The first-order valence-corrected chi connectivity index (χ1v) is 5.53. The van der Waals surface area contributed by atoms with Crippen LogP contribution in [0.5, 0.6) is 0 Å². The third-order valence-electron chi connectivity index (χ3n) is 2.24. The summed E-state index contributed by atoms with van der Waals surface area (Å²) in [5.41, 5.74) is 0.479. The SMILES string of the molecule is O=C(O)C(Cc1ccc(S)cc1)NC(=O)C(F)(F)F. The van der Waals surface area contributed by atoms with Gasteiger partial charge in [0.25, 0.3) is 0 Å². The minimum absolute atomic E-state index is 0.245. The van der Waals surface area contributed by atoms with E-state index in [4.69, 9.17) is 5.11 Å². The van der Waals surface area contributed by atoms with Gasteiger partial charge >= 0.3 is 18.1 Å². The molecule has 19 heavy (non-hydrogen) atoms. The monoisotopic (exact) mass is 293 g/mol. The standard InChI is InChI=1S/C11H10F3NO3S/c12-11(13,14)10(18)15-8(9(16)17)5-6-1-3-7(19)4-2-6/h1-4,8,19H,5H2,(H,15,18)(H,16,17). The largest absolute Gasteiger partial charge is 0.480 e. The maximum atomic E-state index is 12.0. The number of halogens is 3. The molecular formula is C11H10F3NO3S. The molecule has 0 spiro atoms. The lowest BCUT2D eigenvalue weighted by Crippen LogP contribution is -2.47. The van der Waals surface area contributed by atoms with Gasteiger partial charge in [-0.15, -0.1) is 12.6 Å². The highest BCUT2D eigenvalue weighted by molar-refractivity contribution is 7.80. The molecule has 8 heteroatoms. The van der Waals surface area contributed by atoms with E-state index < -0.39 is 24.1 Å². The topological polar surface area (TPSA) is 66.4 Å². The van der Waals surface area contributed by atoms with E-state index >= 15 is 0 Å². The van der Waals surface area contributed by atoms with Crippen LogP contribution < -0.4 is 5.32 Å². The molecule has 0 bridgehead atoms. The van der Waals surface area contributed by atoms with Crippen LogP contribution in [-0.2, 0) is 16.0 Å². The fraction of sp³-hybridized carbons (Fsp3) is 0.273. The third kappa shape index (κ3) is 4.82. The first kappa shape index (κ1) is 15.4. The van der Waals surface area contributed by atoms with Crippen LogP contribution in [0.4, 0.5) is 13.2 Å². The average molecular weight is 293 g/mol. The number of benzene rings is 1. The molecule has 2 N–H and O–H groups in total. The summed E-state index contributed by atoms with van der Waals surface area (Å²) in [7, 11) is 0. The second kappa shape index (κ2) is 5.96. The summed E-state index contributed by atoms with van der Waals surface area (Å²) < 4.78 is 36.1. The van der Waals surface area contributed by atoms with E-state index in [0.29, 0.717) is 10.5 Å². The van der Waals surface area contributed by atoms with E-state index in [9.17, 15) is 22.8 Å². The van der Waals surface area contributed by atoms with E-state index in [1.54, 1.807) is 12.1 Å². The first-order chi connectivity index (χ1) is 8.70. The lowest BCUT2D eigenvalue weighted by Gasteiger charge is -2.15. The maximum Gasteiger partial charge on any atom is 0.471 e. The van der Waals surface area contributed by atoms with Crippen LogP contribution in [0.2, 0.25) is 0 Å². The highest BCUT2D eigenvalue weighted by atomic mass is 32.1. The molecule has 4 nitrogen and oxygen atoms in total. The molecule has 0 saturated heterocycles. The van der Waals surface area contributed by atoms with Crippen molar-refractivity contribution in [2.24, 2.45) is 0 Å². The third-order valence-corrected chi connectivity index (χ3v) is 2.54. The predicted octanol–water partition coefficient (Wildman–Crippen LogP) is 1.65. The molecular weight excluding hydrogens is 283 g/mol. The van der Waals surface area contributed by atoms with E-state index in [-0.39, 0.29) is 6.42 Å². The summed E-state index contributed by atoms with van der Waals surface area (Å²) in [4.78, 5) is 22.2. The molecule has 0 fully saturated rings. The number of nitrogens with one attached hydrogen (secondary N) is 1. The lowest BCUT2D eigenvalue weighted by atomic mass is 10.1. The maximum absolute atomic E-state index is 12.0. The van der Waals surface area contributed by atoms with E-state index in [1.165, 1.54) is 17.4 Å². The number of carboxylic acid groups (broad SMARTS) is 1. The van der Waals surface area contributed by atoms with Gasteiger partial charge in [0, 0.05) is 11.3 Å². The first-order valence-electron chi connectivity index (χ1n) is 5.08. The molecule has 1 amide bonds. The smallest absolute Gasteiger partial charge is 0.471 e. The van der Waals surface area contributed by atoms with E-state index in [0.717, 1.165) is 0 Å². The van der Waals surface area contributed by atoms with Crippen LogP contribution in [0.15, 0.2) is 29.2 Å². The van der Waals surface area contributed by atoms with Crippen molar-refractivity contribution < 1.29 is 27.9 Å². The van der Waals surface area contributed by atoms with Gasteiger partial charge in [-0.25, -0.2) is 4.79 Å². The zero-order valence-electron chi connectivity index (χ0n) is 9.44. The van der Waals surface area contributed by atoms with E-state index in [2.05, 4.69) is 12.6 Å². The van der Waals surface area contributed by atoms with Crippen LogP contribution in [0, 0.1) is 0 Å². The summed E-state index contributed by atoms with van der Waals surface area (Å²) in [6, 6.07) is 4.56. The Morgan fingerprint density at radius 3 is 2.21 bits per heavy atom. The van der Waals surface area contributed by atoms with Crippen LogP contribution in [0.3, 0.4) is 0 Å². The van der Waals surface area contributed by atoms with Gasteiger partial charge in [-0.2, -0.15) is 13.2 Å². The molecule has 0 aromatic heterocycles. The molecule has 0 saturated carbocycles. The Morgan fingerprint density at radius 2 is 1.79 bits per heavy atom. The number of rotatable bonds is 4. The molecule has 1 unspecified atom stereocenters. The Hall–Kier alpha value is -1.70. The van der Waals surface area contributed by atoms with Crippen molar-refractivity contribution in [2.45, 2.75) is 23.5 Å². The number of alkyl halides is 3. The molecule has 1 aromatic rings. The van der Waals surface area contributed by atoms with Crippen LogP contribution >= 0.6 is 12.6 Å². The van der Waals surface area contributed by atoms with Gasteiger partial charge in [-0.1, -0.05) is 12.1 Å². The van der Waals surface area contributed by atoms with Crippen LogP contribution in [-0.4, -0.2) is 29.2 Å². The Morgan fingerprint density at radius 1 is 1.26 bits per heavy atom. The summed E-state index contributed by atoms with van der Waals surface area (Å²) in [6.45, 7) is 0. The second-order valence-electron chi connectivity index (χ2n) is 3.73. The number of carbonyl (C=O) groups is 2. The predicted molar refractivity (Wildman–Crippen MR) is 63.0 cm³/mol. The summed E-state index contributed by atoms with van der Waals surface area (Å²) in [5.74, 6) is -3.81. The van der Waals surface area contributed by atoms with Crippen molar-refractivity contribution in [1.82, 2.24) is 5.32 Å². The lowest BCUT2D eigenvalue weighted by molar-refractivity contribution is -0.175. The molecule has 1 aromatic carbocycles. The molecule has 0 aliphatic rings. The van der Waals surface area contributed by atoms with Crippen molar-refractivity contribution in [2.75, 3.05) is 0 Å². The fourth-order valence-corrected chi connectivity index (χ4v) is 1.46. The zero-order chi connectivity index (χ0) is 14.6. The van der Waals surface area contributed by atoms with Gasteiger partial charge in [0.15, 0.2) is 0 Å². The van der Waals surface area contributed by atoms with Crippen molar-refractivity contribution in [3.8, 4) is 0 Å². The number of amides is 1. The summed E-state index contributed by atoms with van der Waals surface area (Å²) in [6.07, 6.45) is -5.35. The number of hydrogen-bond acceptors (Lipinski definition) is 3. The number of carbonyl (C=O) groups excluding carboxylic acids is 1. The quantitative estimate of drug-likeness (QED) is 0.740. The van der Waals surface area contributed by atoms with Gasteiger partial charge in [-0.05, 0) is 17.7 Å². The number of hydrogen-bond donors (Lipinski definition) is 3. The Kier molecular flexibility index (Phi) is 4.82. The highest BCUT2D eigenvalue weighted by Gasteiger charge is 2.40. The molecule has 104 valence electrons. The molecule has 0 aliphatic carbocycles. The Labute approximate surface area is 112 Å². The minimum atomic E-state index is -5.11. The average Bonchev–Trinajstić information content (AvgIpc) is 2.29. The molecule has 1 rings (SSSR count). The van der Waals surface area contributed by atoms with Crippen molar-refractivity contribution >= 4 is 24.5 Å². The van der Waals surface area contributed by atoms with Crippen LogP contribution in [0.25, 0.3) is 0 Å². The fourth-order valence-electron chi connectivity index (χ4n) is 1.31. The summed E-state index contributed by atoms with van der Waals surface area (Å²) in [5, 5.41) is 10.2. The minimum Gasteiger partial charge on any atom is -0.480 e. The number of aliphatic carboxylic acids is 1. The van der Waals surface area contributed by atoms with Crippen LogP contribution in [0.1, 0.15) is 5.56 Å². The molecule has 0 aliphatic heterocycles. The zero-order valence-corrected chi connectivity index (χ0v) is 10.3. The van der Waals surface area contributed by atoms with Gasteiger partial charge in [0.05, 0.1) is 0 Å². The Bertz CT molecular complexity index is 473. The summed E-state index contributed by atoms with van der Waals surface area (Å²) >= 11 is 4.02. The van der Waals surface area contributed by atoms with E-state index in [1.807, 2.05) is 0 Å². The molecule has 1 atom stereocenters. The van der Waals surface area contributed by atoms with Crippen molar-refractivity contribution in [3.05, 3.63) is 29.8 Å². The van der Waals surface area contributed by atoms with Gasteiger partial charge < -0.3 is 10.4 Å². The second-order valence-corrected chi connectivity index (χ2v) is 4.25. The van der Waals surface area contributed by atoms with Gasteiger partial charge in [0.2, 0.25) is 0 Å². The molecule has 0 radical (unpaired) electrons. The van der Waals surface area contributed by atoms with Gasteiger partial charge in [0.1, 0.15) is 6.04 Å². The number of carboxylic acids is 1. The van der Waals surface area contributed by atoms with Crippen molar-refractivity contribution in [1.29, 1.82) is 0 Å². The Balaban J connectivity index is 2.77. The number of thiol groups is 1.